The van der Waals surface area contributed by atoms with Crippen LogP contribution in [0.4, 0.5) is 0 Å². The number of nitrogens with zero attached hydrogens (tertiary/aromatic N) is 3. The molecule has 4 nitrogen and oxygen atoms in total. The van der Waals surface area contributed by atoms with Gasteiger partial charge >= 0.3 is 0 Å². The van der Waals surface area contributed by atoms with Gasteiger partial charge in [-0.3, -0.25) is 9.69 Å². The molecule has 0 saturated carbocycles. The van der Waals surface area contributed by atoms with Crippen molar-refractivity contribution in [2.45, 2.75) is 31.7 Å². The topological polar surface area (TPSA) is 28.5 Å². The largest absolute Gasteiger partial charge is 0.340 e. The summed E-state index contributed by atoms with van der Waals surface area (Å²) in [5.74, 6) is 0.188. The molecule has 2 aliphatic rings. The van der Waals surface area contributed by atoms with E-state index in [9.17, 15) is 4.79 Å². The predicted molar refractivity (Wildman–Crippen MR) is 92.7 cm³/mol. The quantitative estimate of drug-likeness (QED) is 0.853. The Bertz CT molecular complexity index is 714. The first-order valence-corrected chi connectivity index (χ1v) is 8.82. The van der Waals surface area contributed by atoms with Gasteiger partial charge in [0, 0.05) is 37.1 Å². The number of rotatable bonds is 2. The third-order valence-electron chi connectivity index (χ3n) is 5.51. The van der Waals surface area contributed by atoms with Crippen molar-refractivity contribution in [2.75, 3.05) is 26.2 Å². The number of aryl methyl sites for hydroxylation is 1. The SMILES string of the molecule is Cn1c(C(=O)N2CCC[C@@H](N3CCCC3)C2)cc2ccccc21. The van der Waals surface area contributed by atoms with Crippen LogP contribution in [0.25, 0.3) is 10.9 Å². The molecule has 1 aromatic carbocycles. The van der Waals surface area contributed by atoms with Crippen LogP contribution in [0, 0.1) is 0 Å². The zero-order chi connectivity index (χ0) is 15.8. The lowest BCUT2D eigenvalue weighted by Gasteiger charge is -2.37. The van der Waals surface area contributed by atoms with Gasteiger partial charge in [0.05, 0.1) is 0 Å². The molecule has 2 saturated heterocycles. The number of piperidine rings is 1. The predicted octanol–water partition coefficient (Wildman–Crippen LogP) is 2.88. The van der Waals surface area contributed by atoms with Crippen LogP contribution < -0.4 is 0 Å². The van der Waals surface area contributed by atoms with Gasteiger partial charge in [-0.25, -0.2) is 0 Å². The van der Waals surface area contributed by atoms with Crippen LogP contribution in [-0.2, 0) is 7.05 Å². The summed E-state index contributed by atoms with van der Waals surface area (Å²) in [4.78, 5) is 17.7. The fourth-order valence-electron chi connectivity index (χ4n) is 4.20. The van der Waals surface area contributed by atoms with Gasteiger partial charge in [-0.15, -0.1) is 0 Å². The fourth-order valence-corrected chi connectivity index (χ4v) is 4.20. The van der Waals surface area contributed by atoms with E-state index in [1.165, 1.54) is 32.4 Å². The van der Waals surface area contributed by atoms with E-state index in [4.69, 9.17) is 0 Å². The summed E-state index contributed by atoms with van der Waals surface area (Å²) < 4.78 is 2.04. The minimum absolute atomic E-state index is 0.188. The first kappa shape index (κ1) is 14.8. The number of hydrogen-bond donors (Lipinski definition) is 0. The van der Waals surface area contributed by atoms with Crippen molar-refractivity contribution in [3.05, 3.63) is 36.0 Å². The van der Waals surface area contributed by atoms with Gasteiger partial charge in [0.2, 0.25) is 0 Å². The first-order chi connectivity index (χ1) is 11.2. The lowest BCUT2D eigenvalue weighted by Crippen LogP contribution is -2.49. The molecule has 0 radical (unpaired) electrons. The minimum Gasteiger partial charge on any atom is -0.340 e. The molecule has 23 heavy (non-hydrogen) atoms. The third kappa shape index (κ3) is 2.65. The van der Waals surface area contributed by atoms with Crippen LogP contribution in [0.5, 0.6) is 0 Å². The molecule has 0 N–H and O–H groups in total. The molecule has 0 aliphatic carbocycles. The number of likely N-dealkylation sites (tertiary alicyclic amines) is 2. The highest BCUT2D eigenvalue weighted by molar-refractivity contribution is 5.98. The highest BCUT2D eigenvalue weighted by atomic mass is 16.2. The Morgan fingerprint density at radius 3 is 2.65 bits per heavy atom. The number of amides is 1. The van der Waals surface area contributed by atoms with Crippen molar-refractivity contribution in [1.82, 2.24) is 14.4 Å². The fraction of sp³-hybridized carbons (Fsp3) is 0.526. The van der Waals surface area contributed by atoms with E-state index in [1.54, 1.807) is 0 Å². The second-order valence-corrected chi connectivity index (χ2v) is 6.94. The van der Waals surface area contributed by atoms with Crippen LogP contribution >= 0.6 is 0 Å². The van der Waals surface area contributed by atoms with Crippen molar-refractivity contribution in [3.8, 4) is 0 Å². The summed E-state index contributed by atoms with van der Waals surface area (Å²) in [6.07, 6.45) is 4.98. The van der Waals surface area contributed by atoms with E-state index in [1.807, 2.05) is 29.8 Å². The van der Waals surface area contributed by atoms with E-state index in [2.05, 4.69) is 21.9 Å². The molecule has 2 aromatic rings. The summed E-state index contributed by atoms with van der Waals surface area (Å²) in [7, 11) is 2.00. The van der Waals surface area contributed by atoms with Gasteiger partial charge in [-0.1, -0.05) is 18.2 Å². The second kappa shape index (κ2) is 6.00. The number of benzene rings is 1. The lowest BCUT2D eigenvalue weighted by molar-refractivity contribution is 0.0599. The monoisotopic (exact) mass is 311 g/mol. The standard InChI is InChI=1S/C19H25N3O/c1-20-17-9-3-2-7-15(17)13-18(20)19(23)22-12-6-8-16(14-22)21-10-4-5-11-21/h2-3,7,9,13,16H,4-6,8,10-12,14H2,1H3/t16-/m1/s1. The third-order valence-corrected chi connectivity index (χ3v) is 5.51. The highest BCUT2D eigenvalue weighted by Gasteiger charge is 2.30. The van der Waals surface area contributed by atoms with E-state index in [0.717, 1.165) is 36.1 Å². The molecule has 0 unspecified atom stereocenters. The Kier molecular flexibility index (Phi) is 3.85. The number of carbonyl (C=O) groups is 1. The number of para-hydroxylation sites is 1. The number of carbonyl (C=O) groups excluding carboxylic acids is 1. The van der Waals surface area contributed by atoms with Crippen molar-refractivity contribution in [1.29, 1.82) is 0 Å². The molecule has 1 atom stereocenters. The Morgan fingerprint density at radius 1 is 1.09 bits per heavy atom. The first-order valence-electron chi connectivity index (χ1n) is 8.82. The molecule has 4 heteroatoms. The number of aromatic nitrogens is 1. The molecular formula is C19H25N3O. The van der Waals surface area contributed by atoms with Crippen LogP contribution in [0.2, 0.25) is 0 Å². The molecule has 1 aromatic heterocycles. The van der Waals surface area contributed by atoms with Gasteiger partial charge in [0.25, 0.3) is 5.91 Å². The molecular weight excluding hydrogens is 286 g/mol. The Hall–Kier alpha value is -1.81. The van der Waals surface area contributed by atoms with Crippen molar-refractivity contribution in [3.63, 3.8) is 0 Å². The summed E-state index contributed by atoms with van der Waals surface area (Å²) >= 11 is 0. The smallest absolute Gasteiger partial charge is 0.270 e. The highest BCUT2D eigenvalue weighted by Crippen LogP contribution is 2.24. The molecule has 0 spiro atoms. The minimum atomic E-state index is 0.188. The molecule has 1 amide bonds. The maximum atomic E-state index is 13.0. The Balaban J connectivity index is 1.56. The van der Waals surface area contributed by atoms with E-state index in [-0.39, 0.29) is 5.91 Å². The van der Waals surface area contributed by atoms with Crippen molar-refractivity contribution >= 4 is 16.8 Å². The average Bonchev–Trinajstić information content (AvgIpc) is 3.23. The second-order valence-electron chi connectivity index (χ2n) is 6.94. The zero-order valence-corrected chi connectivity index (χ0v) is 13.9. The van der Waals surface area contributed by atoms with Crippen LogP contribution in [-0.4, -0.2) is 52.5 Å². The molecule has 122 valence electrons. The van der Waals surface area contributed by atoms with Crippen LogP contribution in [0.3, 0.4) is 0 Å². The van der Waals surface area contributed by atoms with E-state index < -0.39 is 0 Å². The summed E-state index contributed by atoms with van der Waals surface area (Å²) in [6.45, 7) is 4.20. The van der Waals surface area contributed by atoms with E-state index in [0.29, 0.717) is 6.04 Å². The summed E-state index contributed by atoms with van der Waals surface area (Å²) in [5, 5.41) is 1.14. The average molecular weight is 311 g/mol. The van der Waals surface area contributed by atoms with Crippen molar-refractivity contribution < 1.29 is 4.79 Å². The lowest BCUT2D eigenvalue weighted by atomic mass is 10.0. The van der Waals surface area contributed by atoms with Crippen LogP contribution in [0.15, 0.2) is 30.3 Å². The Labute approximate surface area is 137 Å². The summed E-state index contributed by atoms with van der Waals surface area (Å²) in [6, 6.07) is 10.8. The van der Waals surface area contributed by atoms with Gasteiger partial charge < -0.3 is 9.47 Å². The molecule has 0 bridgehead atoms. The zero-order valence-electron chi connectivity index (χ0n) is 13.9. The molecule has 2 fully saturated rings. The normalized spacial score (nSPS) is 22.8. The number of hydrogen-bond acceptors (Lipinski definition) is 2. The maximum absolute atomic E-state index is 13.0. The summed E-state index contributed by atoms with van der Waals surface area (Å²) in [5.41, 5.74) is 1.94. The van der Waals surface area contributed by atoms with Gasteiger partial charge in [0.1, 0.15) is 5.69 Å². The Morgan fingerprint density at radius 2 is 1.87 bits per heavy atom. The molecule has 3 heterocycles. The maximum Gasteiger partial charge on any atom is 0.270 e. The van der Waals surface area contributed by atoms with E-state index >= 15 is 0 Å². The molecule has 4 rings (SSSR count). The van der Waals surface area contributed by atoms with Crippen molar-refractivity contribution in [2.24, 2.45) is 7.05 Å². The molecule has 2 aliphatic heterocycles. The van der Waals surface area contributed by atoms with Gasteiger partial charge in [-0.2, -0.15) is 0 Å². The van der Waals surface area contributed by atoms with Crippen LogP contribution in [0.1, 0.15) is 36.2 Å². The number of fused-ring (bicyclic) bond motifs is 1. The van der Waals surface area contributed by atoms with Gasteiger partial charge in [-0.05, 0) is 50.9 Å². The van der Waals surface area contributed by atoms with Gasteiger partial charge in [0.15, 0.2) is 0 Å².